The molecule has 1 aliphatic carbocycles. The number of methoxy groups -OCH3 is 1. The van der Waals surface area contributed by atoms with E-state index in [-0.39, 0.29) is 24.6 Å². The number of hydrogen-bond donors (Lipinski definition) is 1. The summed E-state index contributed by atoms with van der Waals surface area (Å²) < 4.78 is 13.8. The molecule has 2 fully saturated rings. The van der Waals surface area contributed by atoms with Crippen LogP contribution >= 0.6 is 0 Å². The van der Waals surface area contributed by atoms with E-state index in [2.05, 4.69) is 41.3 Å². The van der Waals surface area contributed by atoms with Crippen LogP contribution < -0.4 is 0 Å². The number of carbonyl (C=O) groups is 1. The molecule has 2 aliphatic rings. The molecule has 0 bridgehead atoms. The Morgan fingerprint density at radius 2 is 1.62 bits per heavy atom. The van der Waals surface area contributed by atoms with Crippen LogP contribution in [0, 0.1) is 0 Å². The van der Waals surface area contributed by atoms with Crippen LogP contribution in [0.5, 0.6) is 0 Å². The third-order valence-electron chi connectivity index (χ3n) is 9.23. The minimum Gasteiger partial charge on any atom is -0.385 e. The molecule has 8 nitrogen and oxygen atoms in total. The number of benzene rings is 3. The average Bonchev–Trinajstić information content (AvgIpc) is 3.51. The van der Waals surface area contributed by atoms with Gasteiger partial charge in [-0.1, -0.05) is 104 Å². The number of amides is 1. The van der Waals surface area contributed by atoms with Crippen LogP contribution in [0.15, 0.2) is 97.3 Å². The number of ether oxygens (including phenoxy) is 2. The number of rotatable bonds is 11. The molecule has 45 heavy (non-hydrogen) atoms. The van der Waals surface area contributed by atoms with E-state index in [1.165, 1.54) is 5.56 Å². The first-order valence-electron chi connectivity index (χ1n) is 16.1. The fourth-order valence-corrected chi connectivity index (χ4v) is 6.99. The molecule has 1 N–H and O–H groups in total. The molecule has 0 radical (unpaired) electrons. The molecule has 1 aromatic heterocycles. The van der Waals surface area contributed by atoms with Gasteiger partial charge in [0.15, 0.2) is 5.69 Å². The lowest BCUT2D eigenvalue weighted by Gasteiger charge is -2.42. The summed E-state index contributed by atoms with van der Waals surface area (Å²) in [7, 11) is 1.63. The molecule has 1 saturated carbocycles. The van der Waals surface area contributed by atoms with Gasteiger partial charge in [-0.15, -0.1) is 0 Å². The van der Waals surface area contributed by atoms with Crippen LogP contribution in [0.2, 0.25) is 0 Å². The number of aromatic nitrogens is 2. The summed E-state index contributed by atoms with van der Waals surface area (Å²) in [6, 6.07) is 30.2. The first-order valence-corrected chi connectivity index (χ1v) is 16.1. The van der Waals surface area contributed by atoms with Crippen LogP contribution in [0.25, 0.3) is 11.3 Å². The van der Waals surface area contributed by atoms with Crippen molar-refractivity contribution in [2.24, 2.45) is 0 Å². The van der Waals surface area contributed by atoms with E-state index < -0.39 is 5.60 Å². The lowest BCUT2D eigenvalue weighted by Crippen LogP contribution is -2.56. The highest BCUT2D eigenvalue weighted by Gasteiger charge is 2.42. The number of piperazine rings is 1. The topological polar surface area (TPSA) is 80.1 Å². The minimum absolute atomic E-state index is 0.105. The molecule has 1 aliphatic heterocycles. The summed E-state index contributed by atoms with van der Waals surface area (Å²) in [6.07, 6.45) is 5.12. The van der Waals surface area contributed by atoms with E-state index in [0.29, 0.717) is 38.4 Å². The smallest absolute Gasteiger partial charge is 0.275 e. The third-order valence-corrected chi connectivity index (χ3v) is 9.23. The largest absolute Gasteiger partial charge is 0.385 e. The van der Waals surface area contributed by atoms with Crippen molar-refractivity contribution in [2.45, 2.75) is 56.5 Å². The summed E-state index contributed by atoms with van der Waals surface area (Å²) in [5.41, 5.74) is 3.39. The lowest BCUT2D eigenvalue weighted by molar-refractivity contribution is -0.0893. The Morgan fingerprint density at radius 3 is 2.33 bits per heavy atom. The van der Waals surface area contributed by atoms with Crippen molar-refractivity contribution in [1.82, 2.24) is 19.4 Å². The molecule has 3 aromatic carbocycles. The predicted octanol–water partition coefficient (Wildman–Crippen LogP) is 5.59. The zero-order chi connectivity index (χ0) is 31.1. The van der Waals surface area contributed by atoms with Gasteiger partial charge >= 0.3 is 0 Å². The van der Waals surface area contributed by atoms with Crippen molar-refractivity contribution >= 4 is 5.91 Å². The van der Waals surface area contributed by atoms with Gasteiger partial charge < -0.3 is 24.0 Å². The molecule has 3 atom stereocenters. The zero-order valence-corrected chi connectivity index (χ0v) is 26.1. The van der Waals surface area contributed by atoms with Crippen LogP contribution in [-0.4, -0.2) is 82.0 Å². The zero-order valence-electron chi connectivity index (χ0n) is 26.1. The van der Waals surface area contributed by atoms with E-state index in [0.717, 1.165) is 49.2 Å². The first-order chi connectivity index (χ1) is 22.1. The van der Waals surface area contributed by atoms with E-state index in [1.54, 1.807) is 13.4 Å². The lowest BCUT2D eigenvalue weighted by atomic mass is 9.80. The van der Waals surface area contributed by atoms with Crippen molar-refractivity contribution in [2.75, 3.05) is 40.0 Å². The van der Waals surface area contributed by atoms with Gasteiger partial charge in [-0.2, -0.15) is 0 Å². The van der Waals surface area contributed by atoms with E-state index in [4.69, 9.17) is 14.5 Å². The summed E-state index contributed by atoms with van der Waals surface area (Å²) in [4.78, 5) is 23.7. The van der Waals surface area contributed by atoms with Gasteiger partial charge in [-0.25, -0.2) is 4.98 Å². The second-order valence-corrected chi connectivity index (χ2v) is 12.4. The molecular weight excluding hydrogens is 564 g/mol. The maximum absolute atomic E-state index is 14.6. The molecule has 4 aromatic rings. The van der Waals surface area contributed by atoms with Gasteiger partial charge in [-0.3, -0.25) is 9.69 Å². The van der Waals surface area contributed by atoms with Gasteiger partial charge in [0, 0.05) is 38.9 Å². The second kappa shape index (κ2) is 14.5. The maximum atomic E-state index is 14.6. The van der Waals surface area contributed by atoms with Crippen molar-refractivity contribution in [1.29, 1.82) is 0 Å². The number of carbonyl (C=O) groups excluding carboxylic acids is 1. The molecule has 2 heterocycles. The Balaban J connectivity index is 1.30. The molecule has 6 rings (SSSR count). The van der Waals surface area contributed by atoms with E-state index >= 15 is 0 Å². The summed E-state index contributed by atoms with van der Waals surface area (Å²) >= 11 is 0. The minimum atomic E-state index is -1.03. The summed E-state index contributed by atoms with van der Waals surface area (Å²) in [5, 5.41) is 11.7. The summed E-state index contributed by atoms with van der Waals surface area (Å²) in [5.74, 6) is -0.105. The Kier molecular flexibility index (Phi) is 10.1. The number of imidazole rings is 1. The Bertz CT molecular complexity index is 1510. The van der Waals surface area contributed by atoms with Crippen LogP contribution in [0.3, 0.4) is 0 Å². The quantitative estimate of drug-likeness (QED) is 0.239. The maximum Gasteiger partial charge on any atom is 0.275 e. The first kappa shape index (κ1) is 31.2. The van der Waals surface area contributed by atoms with Crippen molar-refractivity contribution in [3.63, 3.8) is 0 Å². The van der Waals surface area contributed by atoms with Gasteiger partial charge in [-0.05, 0) is 24.0 Å². The van der Waals surface area contributed by atoms with Crippen molar-refractivity contribution in [3.8, 4) is 11.3 Å². The third kappa shape index (κ3) is 7.20. The SMILES string of the molecule is COCC1(O)CCCCC1n1cnc(C(=O)N2CCN(Cc3ccccc3)C[C@H]2COCc2ccccc2)c1-c1ccccc1. The van der Waals surface area contributed by atoms with Crippen LogP contribution in [0.4, 0.5) is 0 Å². The average molecular weight is 609 g/mol. The molecule has 1 saturated heterocycles. The number of hydrogen-bond acceptors (Lipinski definition) is 6. The van der Waals surface area contributed by atoms with Gasteiger partial charge in [0.1, 0.15) is 5.60 Å². The second-order valence-electron chi connectivity index (χ2n) is 12.4. The van der Waals surface area contributed by atoms with E-state index in [1.807, 2.05) is 64.1 Å². The predicted molar refractivity (Wildman–Crippen MR) is 175 cm³/mol. The van der Waals surface area contributed by atoms with E-state index in [9.17, 15) is 9.90 Å². The Labute approximate surface area is 266 Å². The molecule has 8 heteroatoms. The molecule has 1 amide bonds. The number of aliphatic hydroxyl groups is 1. The highest BCUT2D eigenvalue weighted by molar-refractivity contribution is 5.98. The Hall–Kier alpha value is -3.82. The van der Waals surface area contributed by atoms with Crippen LogP contribution in [-0.2, 0) is 22.6 Å². The normalized spacial score (nSPS) is 22.4. The van der Waals surface area contributed by atoms with Crippen molar-refractivity contribution < 1.29 is 19.4 Å². The standard InChI is InChI=1S/C37H44N4O4/c1-44-27-37(43)20-12-11-19-33(37)41-28-38-34(35(41)31-17-9-4-10-18-31)36(42)40-22-21-39(23-29-13-5-2-6-14-29)24-32(40)26-45-25-30-15-7-3-8-16-30/h2-10,13-18,28,32-33,43H,11-12,19-27H2,1H3/t32-,33?,37?/m0/s1. The van der Waals surface area contributed by atoms with Crippen LogP contribution in [0.1, 0.15) is 53.3 Å². The highest BCUT2D eigenvalue weighted by Crippen LogP contribution is 2.41. The fourth-order valence-electron chi connectivity index (χ4n) is 6.99. The fraction of sp³-hybridized carbons (Fsp3) is 0.405. The van der Waals surface area contributed by atoms with Gasteiger partial charge in [0.05, 0.1) is 43.9 Å². The number of nitrogens with zero attached hydrogens (tertiary/aromatic N) is 4. The van der Waals surface area contributed by atoms with Gasteiger partial charge in [0.25, 0.3) is 5.91 Å². The highest BCUT2D eigenvalue weighted by atomic mass is 16.5. The molecule has 236 valence electrons. The molecule has 2 unspecified atom stereocenters. The molecular formula is C37H44N4O4. The Morgan fingerprint density at radius 1 is 0.933 bits per heavy atom. The monoisotopic (exact) mass is 608 g/mol. The van der Waals surface area contributed by atoms with Crippen molar-refractivity contribution in [3.05, 3.63) is 114 Å². The van der Waals surface area contributed by atoms with Gasteiger partial charge in [0.2, 0.25) is 0 Å². The summed E-state index contributed by atoms with van der Waals surface area (Å²) in [6.45, 7) is 3.99. The molecule has 0 spiro atoms.